The van der Waals surface area contributed by atoms with E-state index in [1.54, 1.807) is 19.1 Å². The van der Waals surface area contributed by atoms with Gasteiger partial charge in [0, 0.05) is 10.6 Å². The van der Waals surface area contributed by atoms with Crippen LogP contribution in [0, 0.1) is 0 Å². The van der Waals surface area contributed by atoms with Crippen LogP contribution >= 0.6 is 11.6 Å². The minimum Gasteiger partial charge on any atom is -0.460 e. The molecule has 0 aromatic heterocycles. The molecule has 0 aliphatic rings. The van der Waals surface area contributed by atoms with Crippen LogP contribution in [-0.2, 0) is 20.9 Å². The Bertz CT molecular complexity index is 428. The van der Waals surface area contributed by atoms with Crippen LogP contribution in [0.5, 0.6) is 0 Å². The minimum absolute atomic E-state index is 0.0894. The van der Waals surface area contributed by atoms with E-state index in [1.165, 1.54) is 0 Å². The molecule has 0 aliphatic carbocycles. The van der Waals surface area contributed by atoms with Crippen LogP contribution in [0.3, 0.4) is 0 Å². The average molecular weight is 285 g/mol. The molecule has 0 aliphatic heterocycles. The van der Waals surface area contributed by atoms with Crippen LogP contribution in [0.25, 0.3) is 0 Å². The molecule has 1 N–H and O–H groups in total. The van der Waals surface area contributed by atoms with Gasteiger partial charge in [-0.3, -0.25) is 0 Å². The molecule has 1 atom stereocenters. The number of carbonyl (C=O) groups excluding carboxylic acids is 1. The lowest BCUT2D eigenvalue weighted by molar-refractivity contribution is -0.143. The summed E-state index contributed by atoms with van der Waals surface area (Å²) in [5.41, 5.74) is 1.25. The zero-order valence-corrected chi connectivity index (χ0v) is 11.5. The molecule has 0 fully saturated rings. The van der Waals surface area contributed by atoms with Crippen molar-refractivity contribution in [2.24, 2.45) is 0 Å². The highest BCUT2D eigenvalue weighted by Gasteiger charge is 2.09. The summed E-state index contributed by atoms with van der Waals surface area (Å²) in [7, 11) is 0. The van der Waals surface area contributed by atoms with E-state index in [0.717, 1.165) is 5.56 Å². The van der Waals surface area contributed by atoms with E-state index in [9.17, 15) is 9.90 Å². The fraction of sp³-hybridized carbons (Fsp3) is 0.357. The van der Waals surface area contributed by atoms with Crippen molar-refractivity contribution in [2.45, 2.75) is 19.6 Å². The van der Waals surface area contributed by atoms with E-state index in [4.69, 9.17) is 21.1 Å². The van der Waals surface area contributed by atoms with Gasteiger partial charge in [0.25, 0.3) is 0 Å². The fourth-order valence-corrected chi connectivity index (χ4v) is 1.36. The van der Waals surface area contributed by atoms with Gasteiger partial charge in [0.15, 0.2) is 0 Å². The lowest BCUT2D eigenvalue weighted by atomic mass is 10.2. The third-order valence-corrected chi connectivity index (χ3v) is 2.50. The molecule has 0 saturated heterocycles. The first-order valence-corrected chi connectivity index (χ1v) is 6.19. The maximum absolute atomic E-state index is 11.1. The van der Waals surface area contributed by atoms with Gasteiger partial charge in [-0.05, 0) is 24.6 Å². The number of benzene rings is 1. The molecular formula is C14H17ClO4. The van der Waals surface area contributed by atoms with Crippen molar-refractivity contribution in [3.63, 3.8) is 0 Å². The van der Waals surface area contributed by atoms with Crippen molar-refractivity contribution in [1.82, 2.24) is 0 Å². The third kappa shape index (κ3) is 6.38. The summed E-state index contributed by atoms with van der Waals surface area (Å²) in [6.45, 7) is 5.34. The first kappa shape index (κ1) is 15.7. The summed E-state index contributed by atoms with van der Waals surface area (Å²) < 4.78 is 10.1. The van der Waals surface area contributed by atoms with Crippen LogP contribution in [0.4, 0.5) is 0 Å². The van der Waals surface area contributed by atoms with E-state index in [2.05, 4.69) is 6.58 Å². The Morgan fingerprint density at radius 1 is 1.37 bits per heavy atom. The number of aliphatic hydroxyl groups excluding tert-OH is 1. The van der Waals surface area contributed by atoms with Gasteiger partial charge in [0.05, 0.1) is 13.2 Å². The molecule has 0 spiro atoms. The number of hydrogen-bond acceptors (Lipinski definition) is 4. The minimum atomic E-state index is -0.851. The van der Waals surface area contributed by atoms with Crippen molar-refractivity contribution in [1.29, 1.82) is 0 Å². The molecule has 0 saturated carbocycles. The van der Waals surface area contributed by atoms with Gasteiger partial charge in [-0.25, -0.2) is 4.79 Å². The summed E-state index contributed by atoms with van der Waals surface area (Å²) in [6.07, 6.45) is -0.851. The van der Waals surface area contributed by atoms with E-state index in [1.807, 2.05) is 12.1 Å². The fourth-order valence-electron chi connectivity index (χ4n) is 1.24. The van der Waals surface area contributed by atoms with Gasteiger partial charge in [-0.1, -0.05) is 30.3 Å². The van der Waals surface area contributed by atoms with Gasteiger partial charge in [-0.15, -0.1) is 0 Å². The lowest BCUT2D eigenvalue weighted by Gasteiger charge is -2.12. The molecule has 1 aromatic rings. The highest BCUT2D eigenvalue weighted by Crippen LogP contribution is 2.10. The van der Waals surface area contributed by atoms with Crippen LogP contribution < -0.4 is 0 Å². The van der Waals surface area contributed by atoms with E-state index >= 15 is 0 Å². The quantitative estimate of drug-likeness (QED) is 0.617. The number of rotatable bonds is 7. The topological polar surface area (TPSA) is 55.8 Å². The Hall–Kier alpha value is -1.36. The summed E-state index contributed by atoms with van der Waals surface area (Å²) in [5.74, 6) is -0.517. The Kier molecular flexibility index (Phi) is 6.56. The van der Waals surface area contributed by atoms with Crippen LogP contribution in [0.2, 0.25) is 5.02 Å². The average Bonchev–Trinajstić information content (AvgIpc) is 2.38. The van der Waals surface area contributed by atoms with Crippen molar-refractivity contribution in [2.75, 3.05) is 13.2 Å². The zero-order chi connectivity index (χ0) is 14.3. The molecular weight excluding hydrogens is 268 g/mol. The van der Waals surface area contributed by atoms with E-state index < -0.39 is 12.1 Å². The normalized spacial score (nSPS) is 11.9. The number of halogens is 1. The highest BCUT2D eigenvalue weighted by molar-refractivity contribution is 6.30. The second-order valence-electron chi connectivity index (χ2n) is 4.17. The SMILES string of the molecule is C=C(C)C(=O)OCC(O)COCc1ccc(Cl)cc1. The van der Waals surface area contributed by atoms with E-state index in [0.29, 0.717) is 17.2 Å². The molecule has 1 rings (SSSR count). The van der Waals surface area contributed by atoms with E-state index in [-0.39, 0.29) is 13.2 Å². The lowest BCUT2D eigenvalue weighted by Crippen LogP contribution is -2.23. The molecule has 4 nitrogen and oxygen atoms in total. The predicted octanol–water partition coefficient (Wildman–Crippen LogP) is 2.34. The predicted molar refractivity (Wildman–Crippen MR) is 72.9 cm³/mol. The first-order chi connectivity index (χ1) is 8.99. The zero-order valence-electron chi connectivity index (χ0n) is 10.8. The Morgan fingerprint density at radius 2 is 2.00 bits per heavy atom. The molecule has 5 heteroatoms. The van der Waals surface area contributed by atoms with Crippen molar-refractivity contribution < 1.29 is 19.4 Å². The Labute approximate surface area is 117 Å². The number of carbonyl (C=O) groups is 1. The van der Waals surface area contributed by atoms with Crippen molar-refractivity contribution in [3.8, 4) is 0 Å². The second-order valence-corrected chi connectivity index (χ2v) is 4.61. The number of ether oxygens (including phenoxy) is 2. The summed E-state index contributed by atoms with van der Waals surface area (Å²) >= 11 is 5.76. The molecule has 104 valence electrons. The van der Waals surface area contributed by atoms with Crippen LogP contribution in [0.15, 0.2) is 36.4 Å². The third-order valence-electron chi connectivity index (χ3n) is 2.25. The molecule has 0 radical (unpaired) electrons. The number of hydrogen-bond donors (Lipinski definition) is 1. The van der Waals surface area contributed by atoms with Gasteiger partial charge < -0.3 is 14.6 Å². The standard InChI is InChI=1S/C14H17ClO4/c1-10(2)14(17)19-9-13(16)8-18-7-11-3-5-12(15)6-4-11/h3-6,13,16H,1,7-9H2,2H3. The molecule has 1 aromatic carbocycles. The van der Waals surface area contributed by atoms with Gasteiger partial charge in [-0.2, -0.15) is 0 Å². The Morgan fingerprint density at radius 3 is 2.58 bits per heavy atom. The molecule has 1 unspecified atom stereocenters. The number of esters is 1. The number of aliphatic hydroxyl groups is 1. The molecule has 0 heterocycles. The van der Waals surface area contributed by atoms with Gasteiger partial charge in [0.2, 0.25) is 0 Å². The highest BCUT2D eigenvalue weighted by atomic mass is 35.5. The largest absolute Gasteiger partial charge is 0.460 e. The van der Waals surface area contributed by atoms with Gasteiger partial charge >= 0.3 is 5.97 Å². The first-order valence-electron chi connectivity index (χ1n) is 5.82. The Balaban J connectivity index is 2.20. The van der Waals surface area contributed by atoms with Crippen molar-refractivity contribution in [3.05, 3.63) is 47.0 Å². The summed E-state index contributed by atoms with van der Waals surface area (Å²) in [4.78, 5) is 11.1. The maximum Gasteiger partial charge on any atom is 0.333 e. The van der Waals surface area contributed by atoms with Gasteiger partial charge in [0.1, 0.15) is 12.7 Å². The van der Waals surface area contributed by atoms with Crippen LogP contribution in [-0.4, -0.2) is 30.4 Å². The molecule has 0 bridgehead atoms. The van der Waals surface area contributed by atoms with Crippen molar-refractivity contribution >= 4 is 17.6 Å². The summed E-state index contributed by atoms with van der Waals surface area (Å²) in [5, 5.41) is 10.2. The maximum atomic E-state index is 11.1. The smallest absolute Gasteiger partial charge is 0.333 e. The molecule has 19 heavy (non-hydrogen) atoms. The van der Waals surface area contributed by atoms with Crippen LogP contribution in [0.1, 0.15) is 12.5 Å². The summed E-state index contributed by atoms with van der Waals surface area (Å²) in [6, 6.07) is 7.22. The second kappa shape index (κ2) is 7.94. The molecule has 0 amide bonds. The monoisotopic (exact) mass is 284 g/mol.